The maximum atomic E-state index is 12.8. The lowest BCUT2D eigenvalue weighted by atomic mass is 9.95. The van der Waals surface area contributed by atoms with Gasteiger partial charge in [0.05, 0.1) is 0 Å². The average molecular weight is 329 g/mol. The highest BCUT2D eigenvalue weighted by Crippen LogP contribution is 2.42. The number of hydrogen-bond acceptors (Lipinski definition) is 2. The molecule has 1 aromatic heterocycles. The first-order valence-corrected chi connectivity index (χ1v) is 8.38. The van der Waals surface area contributed by atoms with Crippen LogP contribution in [0, 0.1) is 0 Å². The second kappa shape index (κ2) is 6.53. The summed E-state index contributed by atoms with van der Waals surface area (Å²) in [6.07, 6.45) is 3.02. The Morgan fingerprint density at radius 1 is 1.22 bits per heavy atom. The molecule has 3 rings (SSSR count). The fraction of sp³-hybridized carbons (Fsp3) is 0.750. The Bertz CT molecular complexity index is 557. The molecule has 2 aliphatic rings. The van der Waals surface area contributed by atoms with E-state index < -0.39 is 11.9 Å². The van der Waals surface area contributed by atoms with E-state index in [9.17, 15) is 18.0 Å². The summed E-state index contributed by atoms with van der Waals surface area (Å²) in [7, 11) is 0. The van der Waals surface area contributed by atoms with Gasteiger partial charge in [-0.3, -0.25) is 9.48 Å². The van der Waals surface area contributed by atoms with Crippen molar-refractivity contribution in [3.05, 3.63) is 17.5 Å². The fourth-order valence-electron chi connectivity index (χ4n) is 3.21. The van der Waals surface area contributed by atoms with Gasteiger partial charge in [-0.05, 0) is 31.7 Å². The number of alkyl halides is 3. The molecule has 2 aliphatic carbocycles. The van der Waals surface area contributed by atoms with E-state index in [1.54, 1.807) is 0 Å². The van der Waals surface area contributed by atoms with E-state index in [4.69, 9.17) is 0 Å². The standard InChI is InChI=1S/C16H22F3N3O/c17-16(18,19)14-10-13(11-6-7-11)22(21-14)9-8-15(23)20-12-4-2-1-3-5-12/h10-12H,1-9H2,(H,20,23). The maximum absolute atomic E-state index is 12.8. The van der Waals surface area contributed by atoms with Crippen LogP contribution in [0.25, 0.3) is 0 Å². The van der Waals surface area contributed by atoms with Crippen LogP contribution in [0.15, 0.2) is 6.07 Å². The van der Waals surface area contributed by atoms with Gasteiger partial charge in [-0.1, -0.05) is 19.3 Å². The van der Waals surface area contributed by atoms with Crippen LogP contribution in [0.2, 0.25) is 0 Å². The minimum Gasteiger partial charge on any atom is -0.353 e. The highest BCUT2D eigenvalue weighted by molar-refractivity contribution is 5.76. The van der Waals surface area contributed by atoms with E-state index in [2.05, 4.69) is 10.4 Å². The molecule has 0 aliphatic heterocycles. The first-order chi connectivity index (χ1) is 10.9. The number of aryl methyl sites for hydroxylation is 1. The lowest BCUT2D eigenvalue weighted by Gasteiger charge is -2.22. The molecule has 7 heteroatoms. The number of aromatic nitrogens is 2. The fourth-order valence-corrected chi connectivity index (χ4v) is 3.21. The number of carbonyl (C=O) groups is 1. The van der Waals surface area contributed by atoms with Gasteiger partial charge in [0.25, 0.3) is 0 Å². The van der Waals surface area contributed by atoms with Gasteiger partial charge in [0.2, 0.25) is 5.91 Å². The largest absolute Gasteiger partial charge is 0.435 e. The molecule has 128 valence electrons. The van der Waals surface area contributed by atoms with Crippen molar-refractivity contribution in [3.63, 3.8) is 0 Å². The summed E-state index contributed by atoms with van der Waals surface area (Å²) in [5.74, 6) is 0.0720. The predicted molar refractivity (Wildman–Crippen MR) is 78.8 cm³/mol. The normalized spacial score (nSPS) is 19.8. The second-order valence-corrected chi connectivity index (χ2v) is 6.60. The summed E-state index contributed by atoms with van der Waals surface area (Å²) < 4.78 is 39.8. The molecule has 0 aromatic carbocycles. The molecule has 1 heterocycles. The molecule has 2 fully saturated rings. The summed E-state index contributed by atoms with van der Waals surface area (Å²) in [5.41, 5.74) is -0.241. The number of rotatable bonds is 5. The van der Waals surface area contributed by atoms with Gasteiger partial charge in [0.1, 0.15) is 0 Å². The number of carbonyl (C=O) groups excluding carboxylic acids is 1. The summed E-state index contributed by atoms with van der Waals surface area (Å²) in [6.45, 7) is 0.209. The average Bonchev–Trinajstić information content (AvgIpc) is 3.24. The Labute approximate surface area is 133 Å². The van der Waals surface area contributed by atoms with Crippen molar-refractivity contribution in [1.29, 1.82) is 0 Å². The zero-order valence-electron chi connectivity index (χ0n) is 13.0. The molecular weight excluding hydrogens is 307 g/mol. The number of amides is 1. The molecule has 2 saturated carbocycles. The Morgan fingerprint density at radius 2 is 1.91 bits per heavy atom. The van der Waals surface area contributed by atoms with Crippen molar-refractivity contribution >= 4 is 5.91 Å². The van der Waals surface area contributed by atoms with Gasteiger partial charge >= 0.3 is 6.18 Å². The molecule has 1 amide bonds. The van der Waals surface area contributed by atoms with Crippen LogP contribution in [-0.4, -0.2) is 21.7 Å². The Morgan fingerprint density at radius 3 is 2.52 bits per heavy atom. The molecular formula is C16H22F3N3O. The minimum atomic E-state index is -4.43. The SMILES string of the molecule is O=C(CCn1nc(C(F)(F)F)cc1C1CC1)NC1CCCCC1. The molecule has 0 unspecified atom stereocenters. The molecule has 0 saturated heterocycles. The molecule has 0 spiro atoms. The Balaban J connectivity index is 1.58. The van der Waals surface area contributed by atoms with Gasteiger partial charge in [-0.25, -0.2) is 0 Å². The van der Waals surface area contributed by atoms with Crippen molar-refractivity contribution in [1.82, 2.24) is 15.1 Å². The molecule has 23 heavy (non-hydrogen) atoms. The third-order valence-electron chi connectivity index (χ3n) is 4.62. The van der Waals surface area contributed by atoms with Crippen LogP contribution in [0.4, 0.5) is 13.2 Å². The summed E-state index contributed by atoms with van der Waals surface area (Å²) >= 11 is 0. The van der Waals surface area contributed by atoms with E-state index in [-0.39, 0.29) is 30.8 Å². The molecule has 4 nitrogen and oxygen atoms in total. The third-order valence-corrected chi connectivity index (χ3v) is 4.62. The Kier molecular flexibility index (Phi) is 4.64. The van der Waals surface area contributed by atoms with Gasteiger partial charge in [0.15, 0.2) is 5.69 Å². The maximum Gasteiger partial charge on any atom is 0.435 e. The lowest BCUT2D eigenvalue weighted by molar-refractivity contribution is -0.141. The first kappa shape index (κ1) is 16.3. The third kappa shape index (κ3) is 4.26. The highest BCUT2D eigenvalue weighted by atomic mass is 19.4. The predicted octanol–water partition coefficient (Wildman–Crippen LogP) is 3.62. The molecule has 1 N–H and O–H groups in total. The summed E-state index contributed by atoms with van der Waals surface area (Å²) in [4.78, 5) is 12.0. The molecule has 0 radical (unpaired) electrons. The smallest absolute Gasteiger partial charge is 0.353 e. The zero-order valence-corrected chi connectivity index (χ0v) is 13.0. The van der Waals surface area contributed by atoms with Crippen LogP contribution in [0.5, 0.6) is 0 Å². The van der Waals surface area contributed by atoms with Crippen LogP contribution in [0.1, 0.15) is 68.7 Å². The summed E-state index contributed by atoms with van der Waals surface area (Å²) in [6, 6.07) is 1.36. The van der Waals surface area contributed by atoms with Gasteiger partial charge in [0, 0.05) is 30.6 Å². The quantitative estimate of drug-likeness (QED) is 0.897. The number of nitrogens with zero attached hydrogens (tertiary/aromatic N) is 2. The lowest BCUT2D eigenvalue weighted by Crippen LogP contribution is -2.36. The van der Waals surface area contributed by atoms with Crippen molar-refractivity contribution in [2.45, 2.75) is 76.0 Å². The summed E-state index contributed by atoms with van der Waals surface area (Å²) in [5, 5.41) is 6.66. The van der Waals surface area contributed by atoms with Crippen molar-refractivity contribution in [3.8, 4) is 0 Å². The van der Waals surface area contributed by atoms with Crippen LogP contribution >= 0.6 is 0 Å². The molecule has 1 aromatic rings. The van der Waals surface area contributed by atoms with Crippen molar-refractivity contribution in [2.24, 2.45) is 0 Å². The van der Waals surface area contributed by atoms with Crippen molar-refractivity contribution < 1.29 is 18.0 Å². The van der Waals surface area contributed by atoms with Gasteiger partial charge in [-0.15, -0.1) is 0 Å². The van der Waals surface area contributed by atoms with Crippen LogP contribution < -0.4 is 5.32 Å². The monoisotopic (exact) mass is 329 g/mol. The number of nitrogens with one attached hydrogen (secondary N) is 1. The second-order valence-electron chi connectivity index (χ2n) is 6.60. The molecule has 0 atom stereocenters. The van der Waals surface area contributed by atoms with Gasteiger partial charge in [-0.2, -0.15) is 18.3 Å². The van der Waals surface area contributed by atoms with E-state index >= 15 is 0 Å². The zero-order chi connectivity index (χ0) is 16.4. The van der Waals surface area contributed by atoms with E-state index in [0.29, 0.717) is 5.69 Å². The Hall–Kier alpha value is -1.53. The topological polar surface area (TPSA) is 46.9 Å². The minimum absolute atomic E-state index is 0.0947. The number of hydrogen-bond donors (Lipinski definition) is 1. The number of halogens is 3. The highest BCUT2D eigenvalue weighted by Gasteiger charge is 2.37. The van der Waals surface area contributed by atoms with Crippen LogP contribution in [0.3, 0.4) is 0 Å². The molecule has 0 bridgehead atoms. The first-order valence-electron chi connectivity index (χ1n) is 8.38. The van der Waals surface area contributed by atoms with E-state index in [1.807, 2.05) is 0 Å². The van der Waals surface area contributed by atoms with Gasteiger partial charge < -0.3 is 5.32 Å². The van der Waals surface area contributed by atoms with E-state index in [1.165, 1.54) is 11.1 Å². The van der Waals surface area contributed by atoms with Crippen LogP contribution in [-0.2, 0) is 17.5 Å². The van der Waals surface area contributed by atoms with Crippen molar-refractivity contribution in [2.75, 3.05) is 0 Å². The van der Waals surface area contributed by atoms with E-state index in [0.717, 1.165) is 44.6 Å².